The van der Waals surface area contributed by atoms with Crippen LogP contribution in [0.5, 0.6) is 0 Å². The van der Waals surface area contributed by atoms with Crippen LogP contribution in [-0.4, -0.2) is 55.1 Å². The average molecular weight is 261 g/mol. The predicted octanol–water partition coefficient (Wildman–Crippen LogP) is 0.833. The topological polar surface area (TPSA) is 49.8 Å². The van der Waals surface area contributed by atoms with E-state index >= 15 is 0 Å². The van der Waals surface area contributed by atoms with Gasteiger partial charge in [-0.05, 0) is 32.8 Å². The van der Waals surface area contributed by atoms with E-state index < -0.39 is 0 Å². The minimum atomic E-state index is 0.636. The van der Waals surface area contributed by atoms with Crippen molar-refractivity contribution >= 4 is 11.5 Å². The Bertz CT molecular complexity index is 532. The summed E-state index contributed by atoms with van der Waals surface area (Å²) in [4.78, 5) is 9.11. The summed E-state index contributed by atoms with van der Waals surface area (Å²) in [6.45, 7) is 2.60. The van der Waals surface area contributed by atoms with E-state index in [9.17, 15) is 0 Å². The number of aromatic nitrogens is 2. The van der Waals surface area contributed by atoms with E-state index in [1.165, 1.54) is 5.69 Å². The fraction of sp³-hybridized carbons (Fsp3) is 0.500. The maximum absolute atomic E-state index is 5.73. The molecule has 2 aromatic rings. The van der Waals surface area contributed by atoms with Crippen molar-refractivity contribution < 1.29 is 0 Å². The summed E-state index contributed by atoms with van der Waals surface area (Å²) in [5, 5.41) is 0. The maximum Gasteiger partial charge on any atom is 0.150 e. The SMILES string of the molecule is CN(C)CCN(C)c1nc2ccccn2c1CCN. The maximum atomic E-state index is 5.73. The Morgan fingerprint density at radius 3 is 2.68 bits per heavy atom. The van der Waals surface area contributed by atoms with Crippen molar-refractivity contribution in [3.63, 3.8) is 0 Å². The highest BCUT2D eigenvalue weighted by Gasteiger charge is 2.14. The number of nitrogens with two attached hydrogens (primary N) is 1. The molecule has 104 valence electrons. The molecule has 0 atom stereocenters. The lowest BCUT2D eigenvalue weighted by atomic mass is 10.3. The summed E-state index contributed by atoms with van der Waals surface area (Å²) in [6, 6.07) is 6.07. The predicted molar refractivity (Wildman–Crippen MR) is 79.8 cm³/mol. The van der Waals surface area contributed by atoms with E-state index in [1.54, 1.807) is 0 Å². The molecule has 2 N–H and O–H groups in total. The van der Waals surface area contributed by atoms with Crippen molar-refractivity contribution in [3.8, 4) is 0 Å². The van der Waals surface area contributed by atoms with Gasteiger partial charge < -0.3 is 19.9 Å². The molecule has 0 amide bonds. The van der Waals surface area contributed by atoms with Crippen LogP contribution in [0.4, 0.5) is 5.82 Å². The molecule has 5 heteroatoms. The molecule has 19 heavy (non-hydrogen) atoms. The Balaban J connectivity index is 2.32. The van der Waals surface area contributed by atoms with E-state index in [1.807, 2.05) is 18.2 Å². The highest BCUT2D eigenvalue weighted by molar-refractivity contribution is 5.55. The zero-order valence-electron chi connectivity index (χ0n) is 12.0. The van der Waals surface area contributed by atoms with Gasteiger partial charge in [0.05, 0.1) is 5.69 Å². The van der Waals surface area contributed by atoms with Crippen LogP contribution in [0.3, 0.4) is 0 Å². The van der Waals surface area contributed by atoms with Crippen LogP contribution >= 0.6 is 0 Å². The molecule has 0 bridgehead atoms. The van der Waals surface area contributed by atoms with Gasteiger partial charge in [-0.15, -0.1) is 0 Å². The van der Waals surface area contributed by atoms with E-state index in [0.717, 1.165) is 31.0 Å². The van der Waals surface area contributed by atoms with Crippen LogP contribution in [0.2, 0.25) is 0 Å². The molecule has 0 spiro atoms. The highest BCUT2D eigenvalue weighted by Crippen LogP contribution is 2.20. The Labute approximate surface area is 114 Å². The lowest BCUT2D eigenvalue weighted by molar-refractivity contribution is 0.416. The highest BCUT2D eigenvalue weighted by atomic mass is 15.2. The molecular formula is C14H23N5. The van der Waals surface area contributed by atoms with E-state index in [-0.39, 0.29) is 0 Å². The van der Waals surface area contributed by atoms with Crippen molar-refractivity contribution in [2.24, 2.45) is 5.73 Å². The van der Waals surface area contributed by atoms with Gasteiger partial charge in [0.2, 0.25) is 0 Å². The van der Waals surface area contributed by atoms with Gasteiger partial charge in [0.1, 0.15) is 5.65 Å². The van der Waals surface area contributed by atoms with Crippen molar-refractivity contribution in [2.75, 3.05) is 45.7 Å². The number of imidazole rings is 1. The molecule has 0 saturated heterocycles. The summed E-state index contributed by atoms with van der Waals surface area (Å²) in [5.74, 6) is 1.04. The Kier molecular flexibility index (Phi) is 4.39. The van der Waals surface area contributed by atoms with E-state index in [0.29, 0.717) is 6.54 Å². The van der Waals surface area contributed by atoms with Crippen molar-refractivity contribution in [2.45, 2.75) is 6.42 Å². The quantitative estimate of drug-likeness (QED) is 0.837. The lowest BCUT2D eigenvalue weighted by Gasteiger charge is -2.20. The molecule has 0 aromatic carbocycles. The van der Waals surface area contributed by atoms with Crippen LogP contribution in [-0.2, 0) is 6.42 Å². The molecular weight excluding hydrogens is 238 g/mol. The normalized spacial score (nSPS) is 11.4. The van der Waals surface area contributed by atoms with Crippen molar-refractivity contribution in [1.82, 2.24) is 14.3 Å². The Hall–Kier alpha value is -1.59. The monoisotopic (exact) mass is 261 g/mol. The van der Waals surface area contributed by atoms with Gasteiger partial charge in [0.25, 0.3) is 0 Å². The minimum absolute atomic E-state index is 0.636. The summed E-state index contributed by atoms with van der Waals surface area (Å²) in [7, 11) is 6.25. The summed E-state index contributed by atoms with van der Waals surface area (Å²) < 4.78 is 2.13. The first-order chi connectivity index (χ1) is 9.13. The second-order valence-corrected chi connectivity index (χ2v) is 5.07. The number of hydrogen-bond donors (Lipinski definition) is 1. The lowest BCUT2D eigenvalue weighted by Crippen LogP contribution is -2.29. The second kappa shape index (κ2) is 6.04. The van der Waals surface area contributed by atoms with Crippen LogP contribution < -0.4 is 10.6 Å². The summed E-state index contributed by atoms with van der Waals surface area (Å²) in [6.07, 6.45) is 2.89. The third kappa shape index (κ3) is 3.05. The molecule has 0 aliphatic rings. The molecule has 0 aliphatic carbocycles. The second-order valence-electron chi connectivity index (χ2n) is 5.07. The number of pyridine rings is 1. The van der Waals surface area contributed by atoms with Crippen LogP contribution in [0.15, 0.2) is 24.4 Å². The Morgan fingerprint density at radius 2 is 2.00 bits per heavy atom. The summed E-state index contributed by atoms with van der Waals surface area (Å²) in [5.41, 5.74) is 7.91. The smallest absolute Gasteiger partial charge is 0.150 e. The molecule has 2 heterocycles. The molecule has 2 aromatic heterocycles. The van der Waals surface area contributed by atoms with Gasteiger partial charge in [-0.3, -0.25) is 0 Å². The third-order valence-corrected chi connectivity index (χ3v) is 3.23. The first-order valence-corrected chi connectivity index (χ1v) is 6.65. The fourth-order valence-corrected chi connectivity index (χ4v) is 2.16. The molecule has 5 nitrogen and oxygen atoms in total. The van der Waals surface area contributed by atoms with E-state index in [4.69, 9.17) is 10.7 Å². The molecule has 0 unspecified atom stereocenters. The molecule has 0 saturated carbocycles. The van der Waals surface area contributed by atoms with Crippen molar-refractivity contribution in [1.29, 1.82) is 0 Å². The standard InChI is InChI=1S/C14H23N5/c1-17(2)10-11-18(3)14-12(7-8-15)19-9-5-4-6-13(19)16-14/h4-6,9H,7-8,10-11,15H2,1-3H3. The number of fused-ring (bicyclic) bond motifs is 1. The van der Waals surface area contributed by atoms with Gasteiger partial charge in [-0.25, -0.2) is 4.98 Å². The van der Waals surface area contributed by atoms with Crippen LogP contribution in [0.1, 0.15) is 5.69 Å². The van der Waals surface area contributed by atoms with Gasteiger partial charge in [-0.2, -0.15) is 0 Å². The molecule has 0 radical (unpaired) electrons. The average Bonchev–Trinajstić information content (AvgIpc) is 2.76. The van der Waals surface area contributed by atoms with E-state index in [2.05, 4.69) is 41.5 Å². The minimum Gasteiger partial charge on any atom is -0.357 e. The number of hydrogen-bond acceptors (Lipinski definition) is 4. The molecule has 2 rings (SSSR count). The van der Waals surface area contributed by atoms with Crippen molar-refractivity contribution in [3.05, 3.63) is 30.1 Å². The zero-order chi connectivity index (χ0) is 13.8. The first kappa shape index (κ1) is 13.8. The largest absolute Gasteiger partial charge is 0.357 e. The van der Waals surface area contributed by atoms with Crippen LogP contribution in [0.25, 0.3) is 5.65 Å². The summed E-state index contributed by atoms with van der Waals surface area (Å²) >= 11 is 0. The molecule has 0 aliphatic heterocycles. The number of likely N-dealkylation sites (N-methyl/N-ethyl adjacent to an activating group) is 2. The number of nitrogens with zero attached hydrogens (tertiary/aromatic N) is 4. The number of anilines is 1. The number of rotatable bonds is 6. The zero-order valence-corrected chi connectivity index (χ0v) is 12.0. The first-order valence-electron chi connectivity index (χ1n) is 6.65. The van der Waals surface area contributed by atoms with Gasteiger partial charge in [0, 0.05) is 32.8 Å². The van der Waals surface area contributed by atoms with Crippen LogP contribution in [0, 0.1) is 0 Å². The molecule has 0 fully saturated rings. The van der Waals surface area contributed by atoms with Gasteiger partial charge in [-0.1, -0.05) is 6.07 Å². The van der Waals surface area contributed by atoms with Gasteiger partial charge >= 0.3 is 0 Å². The van der Waals surface area contributed by atoms with Gasteiger partial charge in [0.15, 0.2) is 5.82 Å². The fourth-order valence-electron chi connectivity index (χ4n) is 2.16. The Morgan fingerprint density at radius 1 is 1.21 bits per heavy atom. The third-order valence-electron chi connectivity index (χ3n) is 3.23.